The number of nitrogens with one attached hydrogen (secondary N) is 1. The van der Waals surface area contributed by atoms with Crippen LogP contribution in [0.25, 0.3) is 0 Å². The highest BCUT2D eigenvalue weighted by Gasteiger charge is 2.13. The average Bonchev–Trinajstić information content (AvgIpc) is 3.29. The van der Waals surface area contributed by atoms with E-state index >= 15 is 0 Å². The second kappa shape index (κ2) is 9.23. The predicted molar refractivity (Wildman–Crippen MR) is 105 cm³/mol. The van der Waals surface area contributed by atoms with Gasteiger partial charge in [-0.3, -0.25) is 4.79 Å². The largest absolute Gasteiger partial charge is 0.497 e. The third kappa shape index (κ3) is 5.01. The van der Waals surface area contributed by atoms with E-state index in [-0.39, 0.29) is 11.5 Å². The van der Waals surface area contributed by atoms with Gasteiger partial charge in [0.15, 0.2) is 17.3 Å². The molecule has 8 heteroatoms. The molecule has 3 rings (SSSR count). The Kier molecular flexibility index (Phi) is 6.26. The van der Waals surface area contributed by atoms with E-state index in [1.807, 2.05) is 0 Å². The Balaban J connectivity index is 1.67. The molecule has 0 saturated carbocycles. The first-order valence-electron chi connectivity index (χ1n) is 8.52. The van der Waals surface area contributed by atoms with Crippen molar-refractivity contribution in [2.75, 3.05) is 14.2 Å². The smallest absolute Gasteiger partial charge is 0.343 e. The first-order chi connectivity index (χ1) is 14.1. The number of hydrogen-bond donors (Lipinski definition) is 1. The summed E-state index contributed by atoms with van der Waals surface area (Å²) in [7, 11) is 3.01. The van der Waals surface area contributed by atoms with Crippen LogP contribution in [-0.2, 0) is 0 Å². The highest BCUT2D eigenvalue weighted by atomic mass is 16.6. The van der Waals surface area contributed by atoms with Gasteiger partial charge in [-0.1, -0.05) is 0 Å². The standard InChI is InChI=1S/C21H18N2O6/c1-26-16-8-6-15(7-9-16)21(25)29-17-10-5-14(12-19(17)27-2)13-22-23-20(24)18-4-3-11-28-18/h3-13H,1-2H3,(H,23,24)/b22-13-. The third-order valence-corrected chi connectivity index (χ3v) is 3.84. The van der Waals surface area contributed by atoms with Crippen LogP contribution in [-0.4, -0.2) is 32.3 Å². The van der Waals surface area contributed by atoms with Gasteiger partial charge in [0, 0.05) is 0 Å². The summed E-state index contributed by atoms with van der Waals surface area (Å²) in [6.45, 7) is 0. The van der Waals surface area contributed by atoms with E-state index in [0.29, 0.717) is 22.6 Å². The molecule has 0 fully saturated rings. The monoisotopic (exact) mass is 394 g/mol. The van der Waals surface area contributed by atoms with E-state index in [0.717, 1.165) is 0 Å². The third-order valence-electron chi connectivity index (χ3n) is 3.84. The number of amides is 1. The molecule has 0 unspecified atom stereocenters. The second-order valence-corrected chi connectivity index (χ2v) is 5.70. The first kappa shape index (κ1) is 19.7. The van der Waals surface area contributed by atoms with Crippen molar-refractivity contribution >= 4 is 18.1 Å². The molecule has 1 aromatic heterocycles. The lowest BCUT2D eigenvalue weighted by atomic mass is 10.2. The van der Waals surface area contributed by atoms with E-state index in [1.54, 1.807) is 55.6 Å². The maximum Gasteiger partial charge on any atom is 0.343 e. The van der Waals surface area contributed by atoms with Gasteiger partial charge >= 0.3 is 11.9 Å². The number of furan rings is 1. The number of esters is 1. The highest BCUT2D eigenvalue weighted by Crippen LogP contribution is 2.28. The second-order valence-electron chi connectivity index (χ2n) is 5.70. The SMILES string of the molecule is COc1ccc(C(=O)Oc2ccc(/C=N\NC(=O)c3ccco3)cc2OC)cc1. The number of carbonyl (C=O) groups is 2. The fourth-order valence-corrected chi connectivity index (χ4v) is 2.36. The summed E-state index contributed by atoms with van der Waals surface area (Å²) in [4.78, 5) is 24.1. The van der Waals surface area contributed by atoms with Crippen LogP contribution in [0.1, 0.15) is 26.5 Å². The minimum atomic E-state index is -0.530. The van der Waals surface area contributed by atoms with Crippen LogP contribution in [0, 0.1) is 0 Å². The first-order valence-corrected chi connectivity index (χ1v) is 8.52. The van der Waals surface area contributed by atoms with Gasteiger partial charge in [-0.15, -0.1) is 0 Å². The Morgan fingerprint density at radius 3 is 2.45 bits per heavy atom. The molecule has 2 aromatic carbocycles. The minimum absolute atomic E-state index is 0.153. The molecule has 3 aromatic rings. The van der Waals surface area contributed by atoms with Gasteiger partial charge in [0.25, 0.3) is 0 Å². The number of ether oxygens (including phenoxy) is 3. The van der Waals surface area contributed by atoms with E-state index < -0.39 is 11.9 Å². The Morgan fingerprint density at radius 2 is 1.79 bits per heavy atom. The van der Waals surface area contributed by atoms with Crippen molar-refractivity contribution in [3.05, 3.63) is 77.7 Å². The Labute approximate surface area is 166 Å². The Hall–Kier alpha value is -4.07. The van der Waals surface area contributed by atoms with E-state index in [9.17, 15) is 9.59 Å². The molecule has 0 spiro atoms. The average molecular weight is 394 g/mol. The van der Waals surface area contributed by atoms with Gasteiger partial charge in [0.05, 0.1) is 32.3 Å². The lowest BCUT2D eigenvalue weighted by molar-refractivity contribution is 0.0729. The van der Waals surface area contributed by atoms with Gasteiger partial charge in [0.2, 0.25) is 0 Å². The van der Waals surface area contributed by atoms with Crippen LogP contribution in [0.15, 0.2) is 70.4 Å². The fourth-order valence-electron chi connectivity index (χ4n) is 2.36. The Bertz CT molecular complexity index is 1010. The zero-order valence-corrected chi connectivity index (χ0v) is 15.7. The Morgan fingerprint density at radius 1 is 1.00 bits per heavy atom. The van der Waals surface area contributed by atoms with Crippen molar-refractivity contribution in [2.24, 2.45) is 5.10 Å². The number of rotatable bonds is 7. The summed E-state index contributed by atoms with van der Waals surface area (Å²) in [6.07, 6.45) is 2.83. The molecule has 1 N–H and O–H groups in total. The summed E-state index contributed by atoms with van der Waals surface area (Å²) < 4.78 is 20.7. The number of carbonyl (C=O) groups excluding carboxylic acids is 2. The summed E-state index contributed by atoms with van der Waals surface area (Å²) >= 11 is 0. The van der Waals surface area contributed by atoms with E-state index in [1.165, 1.54) is 25.7 Å². The summed E-state index contributed by atoms with van der Waals surface area (Å²) in [5.41, 5.74) is 3.35. The molecule has 1 amide bonds. The molecule has 0 radical (unpaired) electrons. The summed E-state index contributed by atoms with van der Waals surface area (Å²) in [5, 5.41) is 3.87. The zero-order valence-electron chi connectivity index (χ0n) is 15.7. The van der Waals surface area contributed by atoms with Crippen molar-refractivity contribution in [1.29, 1.82) is 0 Å². The molecule has 0 bridgehead atoms. The molecule has 1 heterocycles. The van der Waals surface area contributed by atoms with Crippen molar-refractivity contribution in [3.63, 3.8) is 0 Å². The molecule has 0 atom stereocenters. The fraction of sp³-hybridized carbons (Fsp3) is 0.0952. The molecule has 8 nitrogen and oxygen atoms in total. The quantitative estimate of drug-likeness (QED) is 0.286. The van der Waals surface area contributed by atoms with Crippen molar-refractivity contribution in [3.8, 4) is 17.2 Å². The van der Waals surface area contributed by atoms with Crippen molar-refractivity contribution in [1.82, 2.24) is 5.43 Å². The molecular weight excluding hydrogens is 376 g/mol. The number of methoxy groups -OCH3 is 2. The van der Waals surface area contributed by atoms with Crippen molar-refractivity contribution in [2.45, 2.75) is 0 Å². The van der Waals surface area contributed by atoms with Gasteiger partial charge in [-0.2, -0.15) is 5.10 Å². The van der Waals surface area contributed by atoms with Gasteiger partial charge in [0.1, 0.15) is 5.75 Å². The van der Waals surface area contributed by atoms with Crippen molar-refractivity contribution < 1.29 is 28.2 Å². The number of nitrogens with zero attached hydrogens (tertiary/aromatic N) is 1. The van der Waals surface area contributed by atoms with E-state index in [4.69, 9.17) is 18.6 Å². The maximum atomic E-state index is 12.3. The molecule has 148 valence electrons. The number of hydrazone groups is 1. The van der Waals surface area contributed by atoms with Gasteiger partial charge < -0.3 is 18.6 Å². The minimum Gasteiger partial charge on any atom is -0.497 e. The highest BCUT2D eigenvalue weighted by molar-refractivity contribution is 5.93. The van der Waals surface area contributed by atoms with Crippen LogP contribution < -0.4 is 19.6 Å². The van der Waals surface area contributed by atoms with Crippen LogP contribution in [0.3, 0.4) is 0 Å². The molecule has 0 aliphatic heterocycles. The number of benzene rings is 2. The molecular formula is C21H18N2O6. The van der Waals surface area contributed by atoms with E-state index in [2.05, 4.69) is 10.5 Å². The maximum absolute atomic E-state index is 12.3. The number of hydrogen-bond acceptors (Lipinski definition) is 7. The lowest BCUT2D eigenvalue weighted by Gasteiger charge is -2.10. The van der Waals surface area contributed by atoms with Gasteiger partial charge in [-0.25, -0.2) is 10.2 Å². The summed E-state index contributed by atoms with van der Waals surface area (Å²) in [6, 6.07) is 14.6. The van der Waals surface area contributed by atoms with Crippen LogP contribution in [0.2, 0.25) is 0 Å². The lowest BCUT2D eigenvalue weighted by Crippen LogP contribution is -2.16. The summed E-state index contributed by atoms with van der Waals surface area (Å²) in [5.74, 6) is 0.391. The molecule has 0 aliphatic rings. The molecule has 0 saturated heterocycles. The molecule has 29 heavy (non-hydrogen) atoms. The van der Waals surface area contributed by atoms with Crippen LogP contribution >= 0.6 is 0 Å². The van der Waals surface area contributed by atoms with Crippen LogP contribution in [0.4, 0.5) is 0 Å². The topological polar surface area (TPSA) is 99.4 Å². The van der Waals surface area contributed by atoms with Gasteiger partial charge in [-0.05, 0) is 60.2 Å². The molecule has 0 aliphatic carbocycles. The predicted octanol–water partition coefficient (Wildman–Crippen LogP) is 3.28. The zero-order chi connectivity index (χ0) is 20.6. The van der Waals surface area contributed by atoms with Crippen LogP contribution in [0.5, 0.6) is 17.2 Å². The normalized spacial score (nSPS) is 10.6.